The van der Waals surface area contributed by atoms with Gasteiger partial charge in [0.05, 0.1) is 5.75 Å². The summed E-state index contributed by atoms with van der Waals surface area (Å²) in [4.78, 5) is 0. The molecule has 0 aromatic carbocycles. The van der Waals surface area contributed by atoms with Gasteiger partial charge in [-0.05, 0) is 12.8 Å². The van der Waals surface area contributed by atoms with Gasteiger partial charge in [0.25, 0.3) is 0 Å². The van der Waals surface area contributed by atoms with Crippen LogP contribution in [0.2, 0.25) is 0 Å². The summed E-state index contributed by atoms with van der Waals surface area (Å²) in [5.74, 6) is 0.510. The smallest absolute Gasteiger partial charge is 0.211 e. The minimum atomic E-state index is -3.03. The zero-order valence-corrected chi connectivity index (χ0v) is 10.6. The van der Waals surface area contributed by atoms with Crippen LogP contribution < -0.4 is 4.72 Å². The molecular formula is C7H16INO2S. The van der Waals surface area contributed by atoms with Crippen LogP contribution in [0.4, 0.5) is 0 Å². The average Bonchev–Trinajstić information content (AvgIpc) is 2.00. The molecule has 12 heavy (non-hydrogen) atoms. The molecule has 0 bridgehead atoms. The second-order valence-electron chi connectivity index (χ2n) is 3.03. The van der Waals surface area contributed by atoms with Crippen molar-refractivity contribution in [2.24, 2.45) is 5.92 Å². The Labute approximate surface area is 88.5 Å². The van der Waals surface area contributed by atoms with Gasteiger partial charge in [-0.3, -0.25) is 0 Å². The lowest BCUT2D eigenvalue weighted by Crippen LogP contribution is -2.40. The maximum absolute atomic E-state index is 11.2. The van der Waals surface area contributed by atoms with Gasteiger partial charge in [0, 0.05) is 10.5 Å². The van der Waals surface area contributed by atoms with E-state index in [2.05, 4.69) is 27.3 Å². The van der Waals surface area contributed by atoms with E-state index in [4.69, 9.17) is 0 Å². The summed E-state index contributed by atoms with van der Waals surface area (Å²) in [7, 11) is -3.03. The lowest BCUT2D eigenvalue weighted by molar-refractivity contribution is 0.486. The van der Waals surface area contributed by atoms with Crippen LogP contribution in [0.25, 0.3) is 0 Å². The molecule has 1 N–H and O–H groups in total. The number of rotatable bonds is 5. The Morgan fingerprint density at radius 2 is 1.92 bits per heavy atom. The van der Waals surface area contributed by atoms with E-state index in [1.807, 2.05) is 13.8 Å². The van der Waals surface area contributed by atoms with Crippen molar-refractivity contribution < 1.29 is 8.42 Å². The minimum absolute atomic E-state index is 0.0653. The Morgan fingerprint density at radius 1 is 1.42 bits per heavy atom. The molecule has 0 aliphatic rings. The van der Waals surface area contributed by atoms with Crippen molar-refractivity contribution >= 4 is 32.6 Å². The summed E-state index contributed by atoms with van der Waals surface area (Å²) in [6.45, 7) is 5.68. The Balaban J connectivity index is 4.22. The zero-order chi connectivity index (χ0) is 9.78. The molecule has 0 aromatic rings. The molecule has 1 unspecified atom stereocenters. The highest BCUT2D eigenvalue weighted by molar-refractivity contribution is 14.1. The number of hydrogen-bond donors (Lipinski definition) is 1. The van der Waals surface area contributed by atoms with Crippen molar-refractivity contribution in [3.05, 3.63) is 0 Å². The minimum Gasteiger partial charge on any atom is -0.212 e. The summed E-state index contributed by atoms with van der Waals surface area (Å²) in [6, 6.07) is 0.0653. The Morgan fingerprint density at radius 3 is 2.17 bits per heavy atom. The molecule has 74 valence electrons. The summed E-state index contributed by atoms with van der Waals surface area (Å²) in [6.07, 6.45) is 0. The predicted molar refractivity (Wildman–Crippen MR) is 60.1 cm³/mol. The maximum atomic E-state index is 11.2. The molecule has 0 saturated heterocycles. The van der Waals surface area contributed by atoms with Gasteiger partial charge in [-0.2, -0.15) is 0 Å². The van der Waals surface area contributed by atoms with E-state index in [0.717, 1.165) is 4.43 Å². The van der Waals surface area contributed by atoms with E-state index in [0.29, 0.717) is 5.92 Å². The van der Waals surface area contributed by atoms with Crippen molar-refractivity contribution in [2.45, 2.75) is 26.8 Å². The molecule has 5 heteroatoms. The summed E-state index contributed by atoms with van der Waals surface area (Å²) in [5, 5.41) is 0. The fourth-order valence-electron chi connectivity index (χ4n) is 0.660. The largest absolute Gasteiger partial charge is 0.212 e. The van der Waals surface area contributed by atoms with Crippen LogP contribution >= 0.6 is 22.6 Å². The van der Waals surface area contributed by atoms with E-state index in [9.17, 15) is 8.42 Å². The highest BCUT2D eigenvalue weighted by Gasteiger charge is 2.17. The third-order valence-electron chi connectivity index (χ3n) is 1.68. The number of hydrogen-bond acceptors (Lipinski definition) is 2. The number of nitrogens with one attached hydrogen (secondary N) is 1. The second-order valence-corrected chi connectivity index (χ2v) is 5.95. The normalized spacial score (nSPS) is 15.1. The first-order chi connectivity index (χ1) is 5.43. The van der Waals surface area contributed by atoms with Crippen molar-refractivity contribution in [3.8, 4) is 0 Å². The molecule has 0 fully saturated rings. The molecule has 0 aliphatic heterocycles. The predicted octanol–water partition coefficient (Wildman–Crippen LogP) is 1.39. The van der Waals surface area contributed by atoms with Gasteiger partial charge in [0.15, 0.2) is 0 Å². The van der Waals surface area contributed by atoms with Crippen molar-refractivity contribution in [1.29, 1.82) is 0 Å². The van der Waals surface area contributed by atoms with Crippen molar-refractivity contribution in [1.82, 2.24) is 4.72 Å². The molecule has 0 amide bonds. The van der Waals surface area contributed by atoms with Crippen LogP contribution in [-0.4, -0.2) is 24.6 Å². The van der Waals surface area contributed by atoms with Gasteiger partial charge < -0.3 is 0 Å². The SMILES string of the molecule is CCS(=O)(=O)NC(CI)C(C)C. The lowest BCUT2D eigenvalue weighted by atomic mass is 10.1. The Kier molecular flexibility index (Phi) is 5.67. The van der Waals surface area contributed by atoms with Gasteiger partial charge in [-0.25, -0.2) is 13.1 Å². The molecule has 0 aliphatic carbocycles. The molecular weight excluding hydrogens is 289 g/mol. The van der Waals surface area contributed by atoms with E-state index in [-0.39, 0.29) is 11.8 Å². The Bertz CT molecular complexity index is 213. The van der Waals surface area contributed by atoms with Crippen LogP contribution in [0.5, 0.6) is 0 Å². The molecule has 0 heterocycles. The topological polar surface area (TPSA) is 46.2 Å². The van der Waals surface area contributed by atoms with Crippen LogP contribution in [0, 0.1) is 5.92 Å². The fraction of sp³-hybridized carbons (Fsp3) is 1.00. The molecule has 0 aromatic heterocycles. The van der Waals surface area contributed by atoms with E-state index in [1.165, 1.54) is 0 Å². The lowest BCUT2D eigenvalue weighted by Gasteiger charge is -2.19. The number of alkyl halides is 1. The summed E-state index contributed by atoms with van der Waals surface area (Å²) < 4.78 is 25.8. The number of sulfonamides is 1. The van der Waals surface area contributed by atoms with E-state index >= 15 is 0 Å². The van der Waals surface area contributed by atoms with Crippen LogP contribution in [0.15, 0.2) is 0 Å². The zero-order valence-electron chi connectivity index (χ0n) is 7.67. The molecule has 0 radical (unpaired) electrons. The maximum Gasteiger partial charge on any atom is 0.211 e. The second kappa shape index (κ2) is 5.39. The first-order valence-corrected chi connectivity index (χ1v) is 7.16. The average molecular weight is 305 g/mol. The molecule has 0 spiro atoms. The monoisotopic (exact) mass is 305 g/mol. The number of halogens is 1. The summed E-state index contributed by atoms with van der Waals surface area (Å²) >= 11 is 2.19. The highest BCUT2D eigenvalue weighted by atomic mass is 127. The van der Waals surface area contributed by atoms with Gasteiger partial charge in [-0.15, -0.1) is 0 Å². The van der Waals surface area contributed by atoms with E-state index in [1.54, 1.807) is 6.92 Å². The third kappa shape index (κ3) is 4.61. The van der Waals surface area contributed by atoms with Gasteiger partial charge >= 0.3 is 0 Å². The van der Waals surface area contributed by atoms with Crippen molar-refractivity contribution in [2.75, 3.05) is 10.2 Å². The first kappa shape index (κ1) is 12.6. The molecule has 0 rings (SSSR count). The van der Waals surface area contributed by atoms with Crippen LogP contribution in [0.3, 0.4) is 0 Å². The van der Waals surface area contributed by atoms with Gasteiger partial charge in [0.2, 0.25) is 10.0 Å². The summed E-state index contributed by atoms with van der Waals surface area (Å²) in [5.41, 5.74) is 0. The Hall–Kier alpha value is 0.640. The standard InChI is InChI=1S/C7H16INO2S/c1-4-12(10,11)9-7(5-8)6(2)3/h6-7,9H,4-5H2,1-3H3. The van der Waals surface area contributed by atoms with E-state index < -0.39 is 10.0 Å². The molecule has 0 saturated carbocycles. The van der Waals surface area contributed by atoms with Crippen molar-refractivity contribution in [3.63, 3.8) is 0 Å². The van der Waals surface area contributed by atoms with Crippen LogP contribution in [0.1, 0.15) is 20.8 Å². The first-order valence-electron chi connectivity index (χ1n) is 3.99. The molecule has 3 nitrogen and oxygen atoms in total. The molecule has 1 atom stereocenters. The van der Waals surface area contributed by atoms with Crippen LogP contribution in [-0.2, 0) is 10.0 Å². The van der Waals surface area contributed by atoms with Gasteiger partial charge in [0.1, 0.15) is 0 Å². The highest BCUT2D eigenvalue weighted by Crippen LogP contribution is 2.06. The quantitative estimate of drug-likeness (QED) is 0.616. The van der Waals surface area contributed by atoms with Gasteiger partial charge in [-0.1, -0.05) is 36.4 Å². The third-order valence-corrected chi connectivity index (χ3v) is 4.05. The fourth-order valence-corrected chi connectivity index (χ4v) is 3.18.